The first kappa shape index (κ1) is 21.4. The monoisotopic (exact) mass is 469 g/mol. The van der Waals surface area contributed by atoms with Crippen LogP contribution in [-0.4, -0.2) is 16.7 Å². The second-order valence-electron chi connectivity index (χ2n) is 6.64. The summed E-state index contributed by atoms with van der Waals surface area (Å²) in [5, 5.41) is 17.2. The Balaban J connectivity index is 1.67. The van der Waals surface area contributed by atoms with Gasteiger partial charge in [-0.15, -0.1) is 0 Å². The van der Waals surface area contributed by atoms with Crippen LogP contribution < -0.4 is 10.6 Å². The van der Waals surface area contributed by atoms with Gasteiger partial charge in [-0.2, -0.15) is 0 Å². The molecule has 10 heteroatoms. The van der Waals surface area contributed by atoms with E-state index in [0.29, 0.717) is 21.7 Å². The Morgan fingerprint density at radius 1 is 0.906 bits per heavy atom. The highest BCUT2D eigenvalue weighted by Crippen LogP contribution is 2.33. The van der Waals surface area contributed by atoms with Gasteiger partial charge in [0.25, 0.3) is 17.5 Å². The van der Waals surface area contributed by atoms with E-state index >= 15 is 0 Å². The van der Waals surface area contributed by atoms with E-state index < -0.39 is 16.7 Å². The highest BCUT2D eigenvalue weighted by Gasteiger charge is 2.24. The molecule has 0 unspecified atom stereocenters. The van der Waals surface area contributed by atoms with E-state index in [1.54, 1.807) is 24.3 Å². The zero-order chi connectivity index (χ0) is 22.8. The van der Waals surface area contributed by atoms with Crippen molar-refractivity contribution in [2.24, 2.45) is 0 Å². The molecule has 0 saturated heterocycles. The van der Waals surface area contributed by atoms with Crippen LogP contribution >= 0.6 is 23.2 Å². The van der Waals surface area contributed by atoms with Crippen LogP contribution in [0.4, 0.5) is 17.1 Å². The maximum Gasteiger partial charge on any atom is 0.293 e. The summed E-state index contributed by atoms with van der Waals surface area (Å²) >= 11 is 12.0. The molecule has 0 saturated carbocycles. The largest absolute Gasteiger partial charge is 0.449 e. The summed E-state index contributed by atoms with van der Waals surface area (Å²) < 4.78 is 5.69. The molecule has 0 radical (unpaired) electrons. The number of amides is 2. The van der Waals surface area contributed by atoms with Crippen molar-refractivity contribution in [3.8, 4) is 0 Å². The fraction of sp³-hybridized carbons (Fsp3) is 0. The molecule has 0 spiro atoms. The van der Waals surface area contributed by atoms with Crippen LogP contribution in [0.3, 0.4) is 0 Å². The molecule has 32 heavy (non-hydrogen) atoms. The number of hydrogen-bond donors (Lipinski definition) is 2. The summed E-state index contributed by atoms with van der Waals surface area (Å²) in [6, 6.07) is 16.6. The van der Waals surface area contributed by atoms with Crippen LogP contribution in [-0.2, 0) is 0 Å². The SMILES string of the molecule is O=C(Nc1c(C(=O)Nc2ccc([N+](=O)[O-])cc2)oc2ccccc12)c1ccc(Cl)cc1Cl. The van der Waals surface area contributed by atoms with E-state index in [1.807, 2.05) is 0 Å². The first-order valence-corrected chi connectivity index (χ1v) is 9.93. The quantitative estimate of drug-likeness (QED) is 0.268. The molecule has 1 heterocycles. The van der Waals surface area contributed by atoms with Crippen molar-refractivity contribution < 1.29 is 18.9 Å². The van der Waals surface area contributed by atoms with E-state index in [2.05, 4.69) is 10.6 Å². The molecule has 1 aromatic heterocycles. The summed E-state index contributed by atoms with van der Waals surface area (Å²) in [6.07, 6.45) is 0. The second-order valence-corrected chi connectivity index (χ2v) is 7.48. The summed E-state index contributed by atoms with van der Waals surface area (Å²) in [5.74, 6) is -1.34. The predicted molar refractivity (Wildman–Crippen MR) is 122 cm³/mol. The van der Waals surface area contributed by atoms with Gasteiger partial charge >= 0.3 is 0 Å². The molecule has 0 bridgehead atoms. The van der Waals surface area contributed by atoms with Crippen molar-refractivity contribution in [2.75, 3.05) is 10.6 Å². The number of anilines is 2. The topological polar surface area (TPSA) is 114 Å². The standard InChI is InChI=1S/C22H13Cl2N3O5/c23-12-5-10-15(17(24)11-12)21(28)26-19-16-3-1-2-4-18(16)32-20(19)22(29)25-13-6-8-14(9-7-13)27(30)31/h1-11H,(H,25,29)(H,26,28). The lowest BCUT2D eigenvalue weighted by Crippen LogP contribution is -2.17. The van der Waals surface area contributed by atoms with Crippen molar-refractivity contribution in [3.63, 3.8) is 0 Å². The molecule has 2 N–H and O–H groups in total. The first-order chi connectivity index (χ1) is 15.3. The minimum absolute atomic E-state index is 0.112. The zero-order valence-corrected chi connectivity index (χ0v) is 17.6. The summed E-state index contributed by atoms with van der Waals surface area (Å²) in [6.45, 7) is 0. The van der Waals surface area contributed by atoms with Gasteiger partial charge in [0.15, 0.2) is 0 Å². The molecule has 3 aromatic carbocycles. The van der Waals surface area contributed by atoms with Crippen molar-refractivity contribution in [1.29, 1.82) is 0 Å². The molecule has 0 fully saturated rings. The van der Waals surface area contributed by atoms with Crippen LogP contribution in [0.15, 0.2) is 71.1 Å². The fourth-order valence-electron chi connectivity index (χ4n) is 3.04. The van der Waals surface area contributed by atoms with Crippen molar-refractivity contribution in [3.05, 3.63) is 98.2 Å². The molecular formula is C22H13Cl2N3O5. The Labute approximate surface area is 190 Å². The van der Waals surface area contributed by atoms with Crippen molar-refractivity contribution >= 4 is 63.0 Å². The van der Waals surface area contributed by atoms with Gasteiger partial charge in [-0.25, -0.2) is 0 Å². The molecule has 0 aliphatic carbocycles. The number of nitro groups is 1. The molecule has 4 aromatic rings. The number of nitrogens with one attached hydrogen (secondary N) is 2. The third-order valence-corrected chi connectivity index (χ3v) is 5.10. The number of nitrogens with zero attached hydrogens (tertiary/aromatic N) is 1. The Kier molecular flexibility index (Phi) is 5.81. The molecule has 0 aliphatic heterocycles. The molecule has 2 amide bonds. The number of para-hydroxylation sites is 1. The maximum atomic E-state index is 12.9. The Hall–Kier alpha value is -3.88. The van der Waals surface area contributed by atoms with E-state index in [-0.39, 0.29) is 27.7 Å². The van der Waals surface area contributed by atoms with Crippen LogP contribution in [0.5, 0.6) is 0 Å². The Morgan fingerprint density at radius 2 is 1.62 bits per heavy atom. The minimum atomic E-state index is -0.646. The van der Waals surface area contributed by atoms with E-state index in [0.717, 1.165) is 0 Å². The summed E-state index contributed by atoms with van der Waals surface area (Å²) in [7, 11) is 0. The number of carbonyl (C=O) groups is 2. The van der Waals surface area contributed by atoms with Gasteiger partial charge in [0.2, 0.25) is 5.76 Å². The van der Waals surface area contributed by atoms with Crippen LogP contribution in [0.2, 0.25) is 10.0 Å². The number of benzene rings is 3. The van der Waals surface area contributed by atoms with E-state index in [1.165, 1.54) is 42.5 Å². The van der Waals surface area contributed by atoms with Gasteiger partial charge in [0.1, 0.15) is 11.3 Å². The van der Waals surface area contributed by atoms with E-state index in [9.17, 15) is 19.7 Å². The fourth-order valence-corrected chi connectivity index (χ4v) is 3.53. The molecular weight excluding hydrogens is 457 g/mol. The second kappa shape index (κ2) is 8.70. The third kappa shape index (κ3) is 4.27. The first-order valence-electron chi connectivity index (χ1n) is 9.17. The molecule has 4 rings (SSSR count). The van der Waals surface area contributed by atoms with Gasteiger partial charge in [0, 0.05) is 28.2 Å². The van der Waals surface area contributed by atoms with Gasteiger partial charge in [0.05, 0.1) is 15.5 Å². The molecule has 0 aliphatic rings. The lowest BCUT2D eigenvalue weighted by atomic mass is 10.1. The lowest BCUT2D eigenvalue weighted by molar-refractivity contribution is -0.384. The third-order valence-electron chi connectivity index (χ3n) is 4.55. The molecule has 0 atom stereocenters. The van der Waals surface area contributed by atoms with Crippen molar-refractivity contribution in [2.45, 2.75) is 0 Å². The smallest absolute Gasteiger partial charge is 0.293 e. The van der Waals surface area contributed by atoms with Crippen LogP contribution in [0, 0.1) is 10.1 Å². The normalized spacial score (nSPS) is 10.7. The van der Waals surface area contributed by atoms with Gasteiger partial charge in [-0.05, 0) is 42.5 Å². The van der Waals surface area contributed by atoms with Crippen LogP contribution in [0.1, 0.15) is 20.9 Å². The number of fused-ring (bicyclic) bond motifs is 1. The molecule has 160 valence electrons. The number of rotatable bonds is 5. The predicted octanol–water partition coefficient (Wildman–Crippen LogP) is 6.15. The lowest BCUT2D eigenvalue weighted by Gasteiger charge is -2.08. The number of carbonyl (C=O) groups excluding carboxylic acids is 2. The van der Waals surface area contributed by atoms with Crippen molar-refractivity contribution in [1.82, 2.24) is 0 Å². The average Bonchev–Trinajstić information content (AvgIpc) is 3.12. The highest BCUT2D eigenvalue weighted by atomic mass is 35.5. The van der Waals surface area contributed by atoms with Crippen LogP contribution in [0.25, 0.3) is 11.0 Å². The highest BCUT2D eigenvalue weighted by molar-refractivity contribution is 6.37. The summed E-state index contributed by atoms with van der Waals surface area (Å²) in [4.78, 5) is 36.0. The molecule has 8 nitrogen and oxygen atoms in total. The van der Waals surface area contributed by atoms with Gasteiger partial charge < -0.3 is 15.1 Å². The zero-order valence-electron chi connectivity index (χ0n) is 16.1. The maximum absolute atomic E-state index is 12.9. The Morgan fingerprint density at radius 3 is 2.31 bits per heavy atom. The summed E-state index contributed by atoms with van der Waals surface area (Å²) in [5.41, 5.74) is 0.927. The number of non-ortho nitro benzene ring substituents is 1. The Bertz CT molecular complexity index is 1370. The number of halogens is 2. The van der Waals surface area contributed by atoms with Gasteiger partial charge in [-0.1, -0.05) is 35.3 Å². The van der Waals surface area contributed by atoms with E-state index in [4.69, 9.17) is 27.6 Å². The minimum Gasteiger partial charge on any atom is -0.449 e. The number of hydrogen-bond acceptors (Lipinski definition) is 5. The number of nitro benzene ring substituents is 1. The number of furan rings is 1. The average molecular weight is 470 g/mol. The van der Waals surface area contributed by atoms with Gasteiger partial charge in [-0.3, -0.25) is 19.7 Å².